The molecule has 0 fully saturated rings. The van der Waals surface area contributed by atoms with Gasteiger partial charge < -0.3 is 5.32 Å². The van der Waals surface area contributed by atoms with Crippen LogP contribution in [0.25, 0.3) is 0 Å². The summed E-state index contributed by atoms with van der Waals surface area (Å²) in [5.74, 6) is -0.113. The lowest BCUT2D eigenvalue weighted by molar-refractivity contribution is 0.0954. The second kappa shape index (κ2) is 8.49. The first-order chi connectivity index (χ1) is 7.75. The summed E-state index contributed by atoms with van der Waals surface area (Å²) in [5.41, 5.74) is 1.62. The molecular formula is C13H18N2O. The number of carbonyl (C=O) groups is 1. The lowest BCUT2D eigenvalue weighted by Crippen LogP contribution is -2.24. The smallest absolute Gasteiger partial charge is 0.251 e. The zero-order valence-electron chi connectivity index (χ0n) is 10.1. The maximum Gasteiger partial charge on any atom is 0.251 e. The lowest BCUT2D eigenvalue weighted by Gasteiger charge is -2.05. The molecule has 0 aromatic heterocycles. The molecule has 1 N–H and O–H groups in total. The van der Waals surface area contributed by atoms with Gasteiger partial charge in [-0.2, -0.15) is 5.26 Å². The van der Waals surface area contributed by atoms with Gasteiger partial charge in [0.15, 0.2) is 0 Å². The SMILES string of the molecule is CC.Cc1ccccc1C(=O)NCCC#N. The number of nitrogens with zero attached hydrogens (tertiary/aromatic N) is 1. The van der Waals surface area contributed by atoms with Crippen molar-refractivity contribution >= 4 is 5.91 Å². The van der Waals surface area contributed by atoms with Crippen molar-refractivity contribution in [2.45, 2.75) is 27.2 Å². The van der Waals surface area contributed by atoms with Gasteiger partial charge >= 0.3 is 0 Å². The van der Waals surface area contributed by atoms with Crippen molar-refractivity contribution in [2.24, 2.45) is 0 Å². The molecule has 1 aromatic carbocycles. The van der Waals surface area contributed by atoms with Crippen molar-refractivity contribution in [3.8, 4) is 6.07 Å². The van der Waals surface area contributed by atoms with Crippen LogP contribution in [0.4, 0.5) is 0 Å². The molecule has 0 aliphatic carbocycles. The Morgan fingerprint density at radius 2 is 2.00 bits per heavy atom. The second-order valence-corrected chi connectivity index (χ2v) is 2.98. The van der Waals surface area contributed by atoms with Crippen LogP contribution in [0.15, 0.2) is 24.3 Å². The Morgan fingerprint density at radius 1 is 1.38 bits per heavy atom. The van der Waals surface area contributed by atoms with E-state index in [0.29, 0.717) is 18.5 Å². The van der Waals surface area contributed by atoms with E-state index in [1.54, 1.807) is 6.07 Å². The highest BCUT2D eigenvalue weighted by atomic mass is 16.1. The molecule has 0 heterocycles. The fourth-order valence-corrected chi connectivity index (χ4v) is 1.15. The number of hydrogen-bond acceptors (Lipinski definition) is 2. The Morgan fingerprint density at radius 3 is 2.56 bits per heavy atom. The highest BCUT2D eigenvalue weighted by Crippen LogP contribution is 2.05. The standard InChI is InChI=1S/C11H12N2O.C2H6/c1-9-5-2-3-6-10(9)11(14)13-8-4-7-12;1-2/h2-3,5-6H,4,8H2,1H3,(H,13,14);1-2H3. The molecule has 0 aliphatic heterocycles. The Hall–Kier alpha value is -1.82. The molecule has 0 saturated carbocycles. The Bertz CT molecular complexity index is 366. The maximum absolute atomic E-state index is 11.5. The summed E-state index contributed by atoms with van der Waals surface area (Å²) in [7, 11) is 0. The van der Waals surface area contributed by atoms with E-state index in [1.807, 2.05) is 45.0 Å². The first-order valence-electron chi connectivity index (χ1n) is 5.46. The predicted octanol–water partition coefficient (Wildman–Crippen LogP) is 2.66. The molecule has 0 spiro atoms. The lowest BCUT2D eigenvalue weighted by atomic mass is 10.1. The number of nitriles is 1. The third kappa shape index (κ3) is 4.61. The molecule has 0 radical (unpaired) electrons. The molecule has 1 amide bonds. The van der Waals surface area contributed by atoms with Crippen molar-refractivity contribution in [3.63, 3.8) is 0 Å². The molecule has 0 aliphatic rings. The van der Waals surface area contributed by atoms with Gasteiger partial charge in [-0.05, 0) is 18.6 Å². The third-order valence-electron chi connectivity index (χ3n) is 1.91. The highest BCUT2D eigenvalue weighted by molar-refractivity contribution is 5.95. The summed E-state index contributed by atoms with van der Waals surface area (Å²) in [4.78, 5) is 11.5. The minimum absolute atomic E-state index is 0.113. The molecule has 86 valence electrons. The number of rotatable bonds is 3. The van der Waals surface area contributed by atoms with Crippen molar-refractivity contribution in [1.82, 2.24) is 5.32 Å². The van der Waals surface area contributed by atoms with E-state index in [9.17, 15) is 4.79 Å². The fraction of sp³-hybridized carbons (Fsp3) is 0.385. The molecule has 16 heavy (non-hydrogen) atoms. The molecule has 0 bridgehead atoms. The Kier molecular flexibility index (Phi) is 7.52. The van der Waals surface area contributed by atoms with Crippen LogP contribution in [-0.2, 0) is 0 Å². The van der Waals surface area contributed by atoms with Crippen LogP contribution in [0.3, 0.4) is 0 Å². The summed E-state index contributed by atoms with van der Waals surface area (Å²) in [6, 6.07) is 9.35. The summed E-state index contributed by atoms with van der Waals surface area (Å²) in [5, 5.41) is 11.0. The number of nitrogens with one attached hydrogen (secondary N) is 1. The van der Waals surface area contributed by atoms with Crippen molar-refractivity contribution in [3.05, 3.63) is 35.4 Å². The van der Waals surface area contributed by atoms with E-state index in [4.69, 9.17) is 5.26 Å². The van der Waals surface area contributed by atoms with Crippen LogP contribution >= 0.6 is 0 Å². The zero-order chi connectivity index (χ0) is 12.4. The topological polar surface area (TPSA) is 52.9 Å². The van der Waals surface area contributed by atoms with Crippen molar-refractivity contribution < 1.29 is 4.79 Å². The zero-order valence-corrected chi connectivity index (χ0v) is 10.1. The molecule has 1 aromatic rings. The molecule has 1 rings (SSSR count). The van der Waals surface area contributed by atoms with Crippen LogP contribution < -0.4 is 5.32 Å². The molecule has 0 saturated heterocycles. The van der Waals surface area contributed by atoms with Gasteiger partial charge in [0.25, 0.3) is 5.91 Å². The van der Waals surface area contributed by atoms with Gasteiger partial charge in [0.1, 0.15) is 0 Å². The number of benzene rings is 1. The average Bonchev–Trinajstić information content (AvgIpc) is 2.32. The van der Waals surface area contributed by atoms with Crippen LogP contribution in [0, 0.1) is 18.3 Å². The van der Waals surface area contributed by atoms with Crippen LogP contribution in [0.1, 0.15) is 36.2 Å². The van der Waals surface area contributed by atoms with Crippen LogP contribution in [0.5, 0.6) is 0 Å². The molecule has 0 unspecified atom stereocenters. The molecule has 3 nitrogen and oxygen atoms in total. The second-order valence-electron chi connectivity index (χ2n) is 2.98. The fourth-order valence-electron chi connectivity index (χ4n) is 1.15. The monoisotopic (exact) mass is 218 g/mol. The molecular weight excluding hydrogens is 200 g/mol. The largest absolute Gasteiger partial charge is 0.351 e. The predicted molar refractivity (Wildman–Crippen MR) is 65.1 cm³/mol. The summed E-state index contributed by atoms with van der Waals surface area (Å²) < 4.78 is 0. The first kappa shape index (κ1) is 14.2. The van der Waals surface area contributed by atoms with E-state index in [-0.39, 0.29) is 5.91 Å². The minimum atomic E-state index is -0.113. The highest BCUT2D eigenvalue weighted by Gasteiger charge is 2.06. The third-order valence-corrected chi connectivity index (χ3v) is 1.91. The van der Waals surface area contributed by atoms with Gasteiger partial charge in [0.2, 0.25) is 0 Å². The maximum atomic E-state index is 11.5. The van der Waals surface area contributed by atoms with E-state index < -0.39 is 0 Å². The summed E-state index contributed by atoms with van der Waals surface area (Å²) >= 11 is 0. The normalized spacial score (nSPS) is 8.38. The number of aryl methyl sites for hydroxylation is 1. The summed E-state index contributed by atoms with van der Waals surface area (Å²) in [6.07, 6.45) is 0.345. The van der Waals surface area contributed by atoms with Gasteiger partial charge in [-0.3, -0.25) is 4.79 Å². The number of amides is 1. The quantitative estimate of drug-likeness (QED) is 0.793. The first-order valence-corrected chi connectivity index (χ1v) is 5.46. The molecule has 3 heteroatoms. The van der Waals surface area contributed by atoms with Crippen molar-refractivity contribution in [2.75, 3.05) is 6.54 Å². The van der Waals surface area contributed by atoms with E-state index >= 15 is 0 Å². The number of hydrogen-bond donors (Lipinski definition) is 1. The minimum Gasteiger partial charge on any atom is -0.351 e. The van der Waals surface area contributed by atoms with E-state index in [0.717, 1.165) is 5.56 Å². The van der Waals surface area contributed by atoms with Crippen LogP contribution in [-0.4, -0.2) is 12.5 Å². The van der Waals surface area contributed by atoms with Gasteiger partial charge in [-0.1, -0.05) is 32.0 Å². The van der Waals surface area contributed by atoms with Gasteiger partial charge in [-0.15, -0.1) is 0 Å². The summed E-state index contributed by atoms with van der Waals surface area (Å²) in [6.45, 7) is 6.29. The molecule has 0 atom stereocenters. The van der Waals surface area contributed by atoms with Crippen molar-refractivity contribution in [1.29, 1.82) is 5.26 Å². The van der Waals surface area contributed by atoms with Gasteiger partial charge in [0, 0.05) is 12.1 Å². The van der Waals surface area contributed by atoms with E-state index in [2.05, 4.69) is 5.32 Å². The van der Waals surface area contributed by atoms with E-state index in [1.165, 1.54) is 0 Å². The van der Waals surface area contributed by atoms with Crippen LogP contribution in [0.2, 0.25) is 0 Å². The van der Waals surface area contributed by atoms with Gasteiger partial charge in [-0.25, -0.2) is 0 Å². The number of carbonyl (C=O) groups excluding carboxylic acids is 1. The average molecular weight is 218 g/mol. The van der Waals surface area contributed by atoms with Gasteiger partial charge in [0.05, 0.1) is 12.5 Å². The Labute approximate surface area is 97.1 Å². The Balaban J connectivity index is 0.00000106.